The van der Waals surface area contributed by atoms with E-state index < -0.39 is 0 Å². The number of rotatable bonds is 2. The van der Waals surface area contributed by atoms with Crippen molar-refractivity contribution in [1.82, 2.24) is 4.98 Å². The molecular formula is C12H10ClIN2O2. The highest BCUT2D eigenvalue weighted by Crippen LogP contribution is 2.23. The second kappa shape index (κ2) is 5.27. The predicted molar refractivity (Wildman–Crippen MR) is 78.1 cm³/mol. The van der Waals surface area contributed by atoms with Gasteiger partial charge in [0.25, 0.3) is 5.91 Å². The average Bonchev–Trinajstić information content (AvgIpc) is 2.62. The summed E-state index contributed by atoms with van der Waals surface area (Å²) in [5.74, 6) is 0.398. The van der Waals surface area contributed by atoms with Crippen molar-refractivity contribution in [2.75, 3.05) is 5.32 Å². The lowest BCUT2D eigenvalue weighted by Gasteiger charge is -2.06. The minimum atomic E-state index is -0.312. The quantitative estimate of drug-likeness (QED) is 0.811. The molecule has 0 radical (unpaired) electrons. The summed E-state index contributed by atoms with van der Waals surface area (Å²) in [7, 11) is 0. The summed E-state index contributed by atoms with van der Waals surface area (Å²) >= 11 is 7.96. The zero-order valence-corrected chi connectivity index (χ0v) is 12.7. The first-order valence-electron chi connectivity index (χ1n) is 5.18. The molecule has 1 amide bonds. The van der Waals surface area contributed by atoms with Crippen molar-refractivity contribution in [2.24, 2.45) is 0 Å². The van der Waals surface area contributed by atoms with Crippen LogP contribution in [0.1, 0.15) is 22.1 Å². The summed E-state index contributed by atoms with van der Waals surface area (Å²) in [4.78, 5) is 16.1. The Kier molecular flexibility index (Phi) is 3.91. The number of carbonyl (C=O) groups excluding carboxylic acids is 1. The lowest BCUT2D eigenvalue weighted by Crippen LogP contribution is -2.13. The van der Waals surface area contributed by atoms with E-state index in [0.717, 1.165) is 3.57 Å². The molecule has 0 spiro atoms. The van der Waals surface area contributed by atoms with E-state index in [9.17, 15) is 4.79 Å². The van der Waals surface area contributed by atoms with E-state index in [0.29, 0.717) is 22.3 Å². The van der Waals surface area contributed by atoms with Crippen LogP contribution >= 0.6 is 34.2 Å². The molecule has 0 bridgehead atoms. The summed E-state index contributed by atoms with van der Waals surface area (Å²) in [5, 5.41) is 3.40. The van der Waals surface area contributed by atoms with Gasteiger partial charge in [-0.3, -0.25) is 4.79 Å². The fraction of sp³-hybridized carbons (Fsp3) is 0.167. The zero-order chi connectivity index (χ0) is 13.3. The number of aryl methyl sites for hydroxylation is 2. The average molecular weight is 377 g/mol. The number of anilines is 1. The predicted octanol–water partition coefficient (Wildman–Crippen LogP) is 3.80. The topological polar surface area (TPSA) is 55.1 Å². The van der Waals surface area contributed by atoms with E-state index in [-0.39, 0.29) is 11.7 Å². The Morgan fingerprint density at radius 2 is 2.17 bits per heavy atom. The van der Waals surface area contributed by atoms with Crippen LogP contribution in [-0.2, 0) is 0 Å². The lowest BCUT2D eigenvalue weighted by molar-refractivity contribution is 0.0994. The Balaban J connectivity index is 2.24. The summed E-state index contributed by atoms with van der Waals surface area (Å²) < 4.78 is 6.12. The largest absolute Gasteiger partial charge is 0.436 e. The second-order valence-corrected chi connectivity index (χ2v) is 5.32. The maximum absolute atomic E-state index is 12.0. The van der Waals surface area contributed by atoms with Crippen molar-refractivity contribution in [2.45, 2.75) is 13.8 Å². The second-order valence-electron chi connectivity index (χ2n) is 3.73. The lowest BCUT2D eigenvalue weighted by atomic mass is 10.3. The molecule has 94 valence electrons. The van der Waals surface area contributed by atoms with E-state index in [1.807, 2.05) is 0 Å². The highest BCUT2D eigenvalue weighted by atomic mass is 127. The summed E-state index contributed by atoms with van der Waals surface area (Å²) in [6.45, 7) is 3.44. The van der Waals surface area contributed by atoms with Gasteiger partial charge in [0.15, 0.2) is 5.89 Å². The van der Waals surface area contributed by atoms with Crippen LogP contribution in [0.2, 0.25) is 5.02 Å². The number of nitrogens with one attached hydrogen (secondary N) is 1. The van der Waals surface area contributed by atoms with E-state index in [2.05, 4.69) is 32.9 Å². The van der Waals surface area contributed by atoms with Gasteiger partial charge in [-0.25, -0.2) is 4.98 Å². The van der Waals surface area contributed by atoms with Crippen LogP contribution in [0.4, 0.5) is 5.69 Å². The summed E-state index contributed by atoms with van der Waals surface area (Å²) in [6, 6.07) is 5.24. The smallest absolute Gasteiger partial charge is 0.293 e. The number of hydrogen-bond acceptors (Lipinski definition) is 3. The fourth-order valence-electron chi connectivity index (χ4n) is 1.51. The van der Waals surface area contributed by atoms with Gasteiger partial charge in [0.05, 0.1) is 11.4 Å². The van der Waals surface area contributed by atoms with Gasteiger partial charge in [0, 0.05) is 15.5 Å². The van der Waals surface area contributed by atoms with Gasteiger partial charge in [-0.15, -0.1) is 0 Å². The number of nitrogens with zero attached hydrogens (tertiary/aromatic N) is 1. The number of aromatic nitrogens is 1. The van der Waals surface area contributed by atoms with Crippen LogP contribution in [0.3, 0.4) is 0 Å². The molecule has 18 heavy (non-hydrogen) atoms. The highest BCUT2D eigenvalue weighted by molar-refractivity contribution is 14.1. The number of amides is 1. The molecule has 1 aromatic heterocycles. The first-order chi connectivity index (χ1) is 8.47. The molecule has 0 aliphatic carbocycles. The normalized spacial score (nSPS) is 10.4. The minimum Gasteiger partial charge on any atom is -0.436 e. The van der Waals surface area contributed by atoms with Gasteiger partial charge in [-0.05, 0) is 47.7 Å². The first-order valence-corrected chi connectivity index (χ1v) is 6.63. The maximum Gasteiger partial charge on any atom is 0.293 e. The van der Waals surface area contributed by atoms with Crippen LogP contribution in [-0.4, -0.2) is 10.9 Å². The number of oxazole rings is 1. The molecule has 0 fully saturated rings. The zero-order valence-electron chi connectivity index (χ0n) is 9.75. The third-order valence-electron chi connectivity index (χ3n) is 2.29. The van der Waals surface area contributed by atoms with Gasteiger partial charge < -0.3 is 9.73 Å². The third kappa shape index (κ3) is 2.84. The van der Waals surface area contributed by atoms with Crippen molar-refractivity contribution in [3.63, 3.8) is 0 Å². The molecule has 0 aliphatic rings. The van der Waals surface area contributed by atoms with Crippen molar-refractivity contribution in [3.8, 4) is 0 Å². The molecule has 6 heteroatoms. The summed E-state index contributed by atoms with van der Waals surface area (Å²) in [5.41, 5.74) is 1.27. The molecule has 1 heterocycles. The molecule has 0 aliphatic heterocycles. The van der Waals surface area contributed by atoms with Gasteiger partial charge in [0.1, 0.15) is 0 Å². The van der Waals surface area contributed by atoms with Crippen LogP contribution in [0.15, 0.2) is 22.6 Å². The van der Waals surface area contributed by atoms with Crippen LogP contribution in [0.25, 0.3) is 0 Å². The Bertz CT molecular complexity index is 610. The van der Waals surface area contributed by atoms with Crippen LogP contribution in [0, 0.1) is 17.4 Å². The number of hydrogen-bond donors (Lipinski definition) is 1. The van der Waals surface area contributed by atoms with E-state index in [1.54, 1.807) is 32.0 Å². The number of benzene rings is 1. The van der Waals surface area contributed by atoms with Crippen molar-refractivity contribution < 1.29 is 9.21 Å². The van der Waals surface area contributed by atoms with Gasteiger partial charge in [-0.2, -0.15) is 0 Å². The molecular weight excluding hydrogens is 367 g/mol. The van der Waals surface area contributed by atoms with Gasteiger partial charge >= 0.3 is 0 Å². The molecule has 2 rings (SSSR count). The first kappa shape index (κ1) is 13.4. The van der Waals surface area contributed by atoms with Crippen molar-refractivity contribution in [3.05, 3.63) is 44.1 Å². The molecule has 2 aromatic rings. The Labute approximate surface area is 123 Å². The molecule has 1 N–H and O–H groups in total. The third-order valence-corrected chi connectivity index (χ3v) is 3.42. The molecule has 0 saturated heterocycles. The minimum absolute atomic E-state index is 0.234. The Morgan fingerprint density at radius 3 is 2.72 bits per heavy atom. The van der Waals surface area contributed by atoms with E-state index >= 15 is 0 Å². The van der Waals surface area contributed by atoms with Gasteiger partial charge in [-0.1, -0.05) is 11.6 Å². The number of carbonyl (C=O) groups is 1. The van der Waals surface area contributed by atoms with Crippen LogP contribution in [0.5, 0.6) is 0 Å². The SMILES string of the molecule is Cc1nc(C)c(C(=O)Nc2ccc(Cl)cc2I)o1. The fourth-order valence-corrected chi connectivity index (χ4v) is 2.52. The highest BCUT2D eigenvalue weighted by Gasteiger charge is 2.16. The molecule has 0 unspecified atom stereocenters. The van der Waals surface area contributed by atoms with Gasteiger partial charge in [0.2, 0.25) is 5.76 Å². The molecule has 4 nitrogen and oxygen atoms in total. The van der Waals surface area contributed by atoms with E-state index in [4.69, 9.17) is 16.0 Å². The van der Waals surface area contributed by atoms with Crippen molar-refractivity contribution >= 4 is 45.8 Å². The van der Waals surface area contributed by atoms with E-state index in [1.165, 1.54) is 0 Å². The standard InChI is InChI=1S/C12H10ClIN2O2/c1-6-11(18-7(2)15-6)12(17)16-10-4-3-8(13)5-9(10)14/h3-5H,1-2H3,(H,16,17). The number of halogens is 2. The van der Waals surface area contributed by atoms with Crippen LogP contribution < -0.4 is 5.32 Å². The maximum atomic E-state index is 12.0. The molecule has 0 saturated carbocycles. The monoisotopic (exact) mass is 376 g/mol. The molecule has 1 aromatic carbocycles. The van der Waals surface area contributed by atoms with Crippen molar-refractivity contribution in [1.29, 1.82) is 0 Å². The summed E-state index contributed by atoms with van der Waals surface area (Å²) in [6.07, 6.45) is 0. The Morgan fingerprint density at radius 1 is 1.44 bits per heavy atom. The molecule has 0 atom stereocenters. The Hall–Kier alpha value is -1.08.